The van der Waals surface area contributed by atoms with Crippen molar-refractivity contribution in [1.82, 2.24) is 9.97 Å². The molecule has 0 aliphatic heterocycles. The van der Waals surface area contributed by atoms with Gasteiger partial charge in [-0.05, 0) is 12.1 Å². The van der Waals surface area contributed by atoms with Crippen molar-refractivity contribution in [2.45, 2.75) is 18.6 Å². The van der Waals surface area contributed by atoms with E-state index in [1.54, 1.807) is 6.20 Å². The van der Waals surface area contributed by atoms with Crippen LogP contribution in [0.2, 0.25) is 0 Å². The first kappa shape index (κ1) is 11.9. The number of nitrogens with zero attached hydrogens (tertiary/aromatic N) is 2. The lowest BCUT2D eigenvalue weighted by atomic mass is 10.1. The fourth-order valence-electron chi connectivity index (χ4n) is 1.57. The van der Waals surface area contributed by atoms with Crippen molar-refractivity contribution in [1.29, 1.82) is 0 Å². The summed E-state index contributed by atoms with van der Waals surface area (Å²) in [6, 6.07) is 7.42. The minimum Gasteiger partial charge on any atom is -0.394 e. The average molecular weight is 234 g/mol. The summed E-state index contributed by atoms with van der Waals surface area (Å²) in [5.74, 6) is 0. The molecule has 0 spiro atoms. The number of benzene rings is 1. The molecule has 0 unspecified atom stereocenters. The molecular formula is C12H14N2O3. The van der Waals surface area contributed by atoms with Crippen molar-refractivity contribution in [3.8, 4) is 0 Å². The van der Waals surface area contributed by atoms with Gasteiger partial charge in [-0.3, -0.25) is 4.98 Å². The second-order valence-electron chi connectivity index (χ2n) is 3.87. The van der Waals surface area contributed by atoms with Crippen molar-refractivity contribution in [3.05, 3.63) is 36.2 Å². The predicted molar refractivity (Wildman–Crippen MR) is 62.3 cm³/mol. The van der Waals surface area contributed by atoms with E-state index in [0.717, 1.165) is 11.0 Å². The molecule has 2 aromatic rings. The zero-order chi connectivity index (χ0) is 12.3. The van der Waals surface area contributed by atoms with Gasteiger partial charge in [0.05, 0.1) is 29.4 Å². The van der Waals surface area contributed by atoms with Crippen molar-refractivity contribution < 1.29 is 15.3 Å². The molecule has 1 aromatic heterocycles. The van der Waals surface area contributed by atoms with Gasteiger partial charge in [0.25, 0.3) is 0 Å². The Hall–Kier alpha value is -1.56. The van der Waals surface area contributed by atoms with Crippen LogP contribution in [0.3, 0.4) is 0 Å². The van der Waals surface area contributed by atoms with Gasteiger partial charge in [0.15, 0.2) is 0 Å². The van der Waals surface area contributed by atoms with Gasteiger partial charge in [0, 0.05) is 12.6 Å². The minimum atomic E-state index is -1.15. The van der Waals surface area contributed by atoms with Crippen LogP contribution < -0.4 is 0 Å². The first-order valence-electron chi connectivity index (χ1n) is 5.38. The molecule has 0 fully saturated rings. The van der Waals surface area contributed by atoms with E-state index in [0.29, 0.717) is 5.69 Å². The maximum atomic E-state index is 9.57. The van der Waals surface area contributed by atoms with Crippen LogP contribution in [0.1, 0.15) is 5.69 Å². The second-order valence-corrected chi connectivity index (χ2v) is 3.87. The molecule has 2 atom stereocenters. The third-order valence-electron chi connectivity index (χ3n) is 2.55. The first-order chi connectivity index (χ1) is 8.20. The fraction of sp³-hybridized carbons (Fsp3) is 0.333. The summed E-state index contributed by atoms with van der Waals surface area (Å²) in [5, 5.41) is 27.5. The number of aliphatic hydroxyl groups excluding tert-OH is 3. The standard InChI is InChI=1S/C12H14N2O3/c15-7-12(17)11(16)5-8-6-13-9-3-1-2-4-10(9)14-8/h1-4,6,11-12,15-17H,5,7H2/t11-,12+/m1/s1. The minimum absolute atomic E-state index is 0.166. The molecule has 0 aliphatic rings. The highest BCUT2D eigenvalue weighted by atomic mass is 16.4. The van der Waals surface area contributed by atoms with E-state index in [1.807, 2.05) is 24.3 Å². The Labute approximate surface area is 98.4 Å². The number of hydrogen-bond acceptors (Lipinski definition) is 5. The average Bonchev–Trinajstić information content (AvgIpc) is 2.37. The van der Waals surface area contributed by atoms with Crippen LogP contribution in [0.5, 0.6) is 0 Å². The summed E-state index contributed by atoms with van der Waals surface area (Å²) < 4.78 is 0. The molecule has 0 saturated carbocycles. The molecule has 0 saturated heterocycles. The number of aliphatic hydroxyl groups is 3. The lowest BCUT2D eigenvalue weighted by molar-refractivity contribution is -0.0136. The van der Waals surface area contributed by atoms with E-state index in [1.165, 1.54) is 0 Å². The highest BCUT2D eigenvalue weighted by Gasteiger charge is 2.16. The molecule has 17 heavy (non-hydrogen) atoms. The van der Waals surface area contributed by atoms with Crippen LogP contribution in [0.25, 0.3) is 11.0 Å². The second kappa shape index (κ2) is 5.18. The quantitative estimate of drug-likeness (QED) is 0.687. The SMILES string of the molecule is OC[C@H](O)[C@H](O)Cc1cnc2ccccc2n1. The van der Waals surface area contributed by atoms with E-state index < -0.39 is 18.8 Å². The lowest BCUT2D eigenvalue weighted by Crippen LogP contribution is -2.31. The molecule has 5 heteroatoms. The number of hydrogen-bond donors (Lipinski definition) is 3. The van der Waals surface area contributed by atoms with Crippen molar-refractivity contribution in [3.63, 3.8) is 0 Å². The molecule has 0 amide bonds. The number of aromatic nitrogens is 2. The van der Waals surface area contributed by atoms with Crippen molar-refractivity contribution in [2.24, 2.45) is 0 Å². The van der Waals surface area contributed by atoms with E-state index in [9.17, 15) is 10.2 Å². The maximum Gasteiger partial charge on any atom is 0.103 e. The van der Waals surface area contributed by atoms with Gasteiger partial charge in [0.2, 0.25) is 0 Å². The van der Waals surface area contributed by atoms with Crippen LogP contribution in [0, 0.1) is 0 Å². The largest absolute Gasteiger partial charge is 0.394 e. The molecule has 0 aliphatic carbocycles. The number of rotatable bonds is 4. The van der Waals surface area contributed by atoms with Crippen LogP contribution in [-0.4, -0.2) is 44.1 Å². The van der Waals surface area contributed by atoms with Crippen LogP contribution in [0.4, 0.5) is 0 Å². The molecule has 0 radical (unpaired) electrons. The molecule has 90 valence electrons. The Morgan fingerprint density at radius 3 is 2.47 bits per heavy atom. The van der Waals surface area contributed by atoms with E-state index >= 15 is 0 Å². The van der Waals surface area contributed by atoms with Gasteiger partial charge in [-0.2, -0.15) is 0 Å². The first-order valence-corrected chi connectivity index (χ1v) is 5.38. The summed E-state index contributed by atoms with van der Waals surface area (Å²) in [6.07, 6.45) is -0.450. The third kappa shape index (κ3) is 2.76. The van der Waals surface area contributed by atoms with E-state index in [-0.39, 0.29) is 6.42 Å². The topological polar surface area (TPSA) is 86.5 Å². The Balaban J connectivity index is 2.19. The van der Waals surface area contributed by atoms with Gasteiger partial charge in [-0.15, -0.1) is 0 Å². The lowest BCUT2D eigenvalue weighted by Gasteiger charge is -2.14. The molecule has 1 aromatic carbocycles. The highest BCUT2D eigenvalue weighted by Crippen LogP contribution is 2.10. The van der Waals surface area contributed by atoms with E-state index in [2.05, 4.69) is 9.97 Å². The Kier molecular flexibility index (Phi) is 3.63. The molecular weight excluding hydrogens is 220 g/mol. The third-order valence-corrected chi connectivity index (χ3v) is 2.55. The molecule has 3 N–H and O–H groups in total. The summed E-state index contributed by atoms with van der Waals surface area (Å²) >= 11 is 0. The summed E-state index contributed by atoms with van der Waals surface area (Å²) in [7, 11) is 0. The maximum absolute atomic E-state index is 9.57. The molecule has 1 heterocycles. The monoisotopic (exact) mass is 234 g/mol. The summed E-state index contributed by atoms with van der Waals surface area (Å²) in [6.45, 7) is -0.470. The predicted octanol–water partition coefficient (Wildman–Crippen LogP) is -0.114. The highest BCUT2D eigenvalue weighted by molar-refractivity contribution is 5.73. The Morgan fingerprint density at radius 2 is 1.76 bits per heavy atom. The van der Waals surface area contributed by atoms with Gasteiger partial charge in [0.1, 0.15) is 6.10 Å². The van der Waals surface area contributed by atoms with Crippen molar-refractivity contribution in [2.75, 3.05) is 6.61 Å². The summed E-state index contributed by atoms with van der Waals surface area (Å²) in [4.78, 5) is 8.52. The zero-order valence-corrected chi connectivity index (χ0v) is 9.19. The summed E-state index contributed by atoms with van der Waals surface area (Å²) in [5.41, 5.74) is 2.12. The molecule has 5 nitrogen and oxygen atoms in total. The molecule has 2 rings (SSSR count). The zero-order valence-electron chi connectivity index (χ0n) is 9.19. The number of fused-ring (bicyclic) bond motifs is 1. The van der Waals surface area contributed by atoms with E-state index in [4.69, 9.17) is 5.11 Å². The fourth-order valence-corrected chi connectivity index (χ4v) is 1.57. The normalized spacial score (nSPS) is 14.8. The number of para-hydroxylation sites is 2. The molecule has 0 bridgehead atoms. The van der Waals surface area contributed by atoms with Crippen LogP contribution in [0.15, 0.2) is 30.5 Å². The van der Waals surface area contributed by atoms with Crippen LogP contribution in [-0.2, 0) is 6.42 Å². The van der Waals surface area contributed by atoms with Gasteiger partial charge < -0.3 is 15.3 Å². The van der Waals surface area contributed by atoms with Crippen LogP contribution >= 0.6 is 0 Å². The Bertz CT molecular complexity index is 504. The van der Waals surface area contributed by atoms with Gasteiger partial charge in [-0.1, -0.05) is 12.1 Å². The Morgan fingerprint density at radius 1 is 1.06 bits per heavy atom. The van der Waals surface area contributed by atoms with Gasteiger partial charge >= 0.3 is 0 Å². The van der Waals surface area contributed by atoms with Crippen molar-refractivity contribution >= 4 is 11.0 Å². The van der Waals surface area contributed by atoms with Gasteiger partial charge in [-0.25, -0.2) is 4.98 Å². The smallest absolute Gasteiger partial charge is 0.103 e.